The SMILES string of the molecule is CCCCCCCCCc1cc2ccccc2c2ccccc12. The molecule has 0 unspecified atom stereocenters. The predicted octanol–water partition coefficient (Wildman–Crippen LogP) is 7.29. The molecule has 0 bridgehead atoms. The molecule has 0 fully saturated rings. The fraction of sp³-hybridized carbons (Fsp3) is 0.391. The lowest BCUT2D eigenvalue weighted by Crippen LogP contribution is -1.90. The molecule has 120 valence electrons. The largest absolute Gasteiger partial charge is 0.0654 e. The Morgan fingerprint density at radius 1 is 0.609 bits per heavy atom. The second-order valence-electron chi connectivity index (χ2n) is 6.67. The van der Waals surface area contributed by atoms with Crippen molar-refractivity contribution in [2.75, 3.05) is 0 Å². The van der Waals surface area contributed by atoms with E-state index in [4.69, 9.17) is 0 Å². The third-order valence-corrected chi connectivity index (χ3v) is 4.90. The number of hydrogen-bond acceptors (Lipinski definition) is 0. The van der Waals surface area contributed by atoms with Crippen LogP contribution in [0.4, 0.5) is 0 Å². The van der Waals surface area contributed by atoms with Crippen LogP contribution in [0.3, 0.4) is 0 Å². The van der Waals surface area contributed by atoms with Crippen molar-refractivity contribution in [1.29, 1.82) is 0 Å². The van der Waals surface area contributed by atoms with Crippen LogP contribution in [0.5, 0.6) is 0 Å². The average molecular weight is 304 g/mol. The maximum Gasteiger partial charge on any atom is -0.0103 e. The molecule has 0 heteroatoms. The van der Waals surface area contributed by atoms with Gasteiger partial charge in [-0.2, -0.15) is 0 Å². The summed E-state index contributed by atoms with van der Waals surface area (Å²) in [6.07, 6.45) is 10.8. The summed E-state index contributed by atoms with van der Waals surface area (Å²) in [4.78, 5) is 0. The quantitative estimate of drug-likeness (QED) is 0.303. The highest BCUT2D eigenvalue weighted by Crippen LogP contribution is 2.29. The molecule has 0 aliphatic carbocycles. The third kappa shape index (κ3) is 3.93. The molecule has 0 N–H and O–H groups in total. The van der Waals surface area contributed by atoms with Crippen LogP contribution in [0.2, 0.25) is 0 Å². The van der Waals surface area contributed by atoms with E-state index in [1.165, 1.54) is 78.5 Å². The fourth-order valence-electron chi connectivity index (χ4n) is 3.61. The monoisotopic (exact) mass is 304 g/mol. The van der Waals surface area contributed by atoms with Crippen molar-refractivity contribution in [3.05, 3.63) is 60.2 Å². The second-order valence-corrected chi connectivity index (χ2v) is 6.67. The van der Waals surface area contributed by atoms with E-state index in [1.807, 2.05) is 0 Å². The van der Waals surface area contributed by atoms with Crippen molar-refractivity contribution < 1.29 is 0 Å². The van der Waals surface area contributed by atoms with Gasteiger partial charge in [-0.25, -0.2) is 0 Å². The zero-order chi connectivity index (χ0) is 15.9. The maximum absolute atomic E-state index is 2.41. The molecule has 0 heterocycles. The van der Waals surface area contributed by atoms with Gasteiger partial charge in [-0.1, -0.05) is 100 Å². The second kappa shape index (κ2) is 8.15. The normalized spacial score (nSPS) is 11.3. The molecule has 3 aromatic carbocycles. The van der Waals surface area contributed by atoms with Crippen LogP contribution < -0.4 is 0 Å². The Balaban J connectivity index is 1.72. The number of unbranched alkanes of at least 4 members (excludes halogenated alkanes) is 6. The Labute approximate surface area is 140 Å². The summed E-state index contributed by atoms with van der Waals surface area (Å²) >= 11 is 0. The summed E-state index contributed by atoms with van der Waals surface area (Å²) in [7, 11) is 0. The first-order chi connectivity index (χ1) is 11.4. The van der Waals surface area contributed by atoms with Crippen molar-refractivity contribution in [2.45, 2.75) is 58.3 Å². The summed E-state index contributed by atoms with van der Waals surface area (Å²) in [5.41, 5.74) is 1.52. The standard InChI is InChI=1S/C23H28/c1-2-3-4-5-6-7-8-13-19-18-20-14-9-10-15-21(20)23-17-12-11-16-22(19)23/h9-12,14-18H,2-8,13H2,1H3. The van der Waals surface area contributed by atoms with E-state index in [9.17, 15) is 0 Å². The molecule has 0 aliphatic heterocycles. The molecule has 0 saturated carbocycles. The highest BCUT2D eigenvalue weighted by atomic mass is 14.1. The van der Waals surface area contributed by atoms with Crippen LogP contribution >= 0.6 is 0 Å². The zero-order valence-electron chi connectivity index (χ0n) is 14.4. The number of hydrogen-bond donors (Lipinski definition) is 0. The van der Waals surface area contributed by atoms with E-state index in [0.717, 1.165) is 0 Å². The lowest BCUT2D eigenvalue weighted by atomic mass is 9.94. The highest BCUT2D eigenvalue weighted by Gasteiger charge is 2.05. The molecule has 23 heavy (non-hydrogen) atoms. The first-order valence-electron chi connectivity index (χ1n) is 9.29. The van der Waals surface area contributed by atoms with Gasteiger partial charge in [-0.05, 0) is 39.9 Å². The third-order valence-electron chi connectivity index (χ3n) is 4.90. The summed E-state index contributed by atoms with van der Waals surface area (Å²) in [6, 6.07) is 20.1. The minimum Gasteiger partial charge on any atom is -0.0654 e. The number of benzene rings is 3. The van der Waals surface area contributed by atoms with Crippen LogP contribution in [0.15, 0.2) is 54.6 Å². The van der Waals surface area contributed by atoms with Gasteiger partial charge in [0.05, 0.1) is 0 Å². The molecule has 0 atom stereocenters. The Morgan fingerprint density at radius 2 is 1.22 bits per heavy atom. The summed E-state index contributed by atoms with van der Waals surface area (Å²) < 4.78 is 0. The van der Waals surface area contributed by atoms with Gasteiger partial charge in [-0.3, -0.25) is 0 Å². The molecule has 0 aromatic heterocycles. The molecule has 3 aromatic rings. The molecule has 0 spiro atoms. The van der Waals surface area contributed by atoms with Gasteiger partial charge in [-0.15, -0.1) is 0 Å². The first-order valence-corrected chi connectivity index (χ1v) is 9.29. The Kier molecular flexibility index (Phi) is 5.69. The molecule has 0 nitrogen and oxygen atoms in total. The molecular weight excluding hydrogens is 276 g/mol. The van der Waals surface area contributed by atoms with Crippen LogP contribution in [0.1, 0.15) is 57.4 Å². The molecule has 3 rings (SSSR count). The van der Waals surface area contributed by atoms with Gasteiger partial charge in [0.1, 0.15) is 0 Å². The van der Waals surface area contributed by atoms with Crippen molar-refractivity contribution in [3.8, 4) is 0 Å². The van der Waals surface area contributed by atoms with Crippen LogP contribution in [-0.2, 0) is 6.42 Å². The van der Waals surface area contributed by atoms with Gasteiger partial charge < -0.3 is 0 Å². The minimum absolute atomic E-state index is 1.21. The number of aryl methyl sites for hydroxylation is 1. The summed E-state index contributed by atoms with van der Waals surface area (Å²) in [5, 5.41) is 5.61. The first kappa shape index (κ1) is 16.1. The van der Waals surface area contributed by atoms with Gasteiger partial charge in [0.25, 0.3) is 0 Å². The number of fused-ring (bicyclic) bond motifs is 3. The van der Waals surface area contributed by atoms with Gasteiger partial charge in [0.15, 0.2) is 0 Å². The Morgan fingerprint density at radius 3 is 2.00 bits per heavy atom. The topological polar surface area (TPSA) is 0 Å². The Bertz CT molecular complexity index is 754. The van der Waals surface area contributed by atoms with Gasteiger partial charge >= 0.3 is 0 Å². The van der Waals surface area contributed by atoms with E-state index in [-0.39, 0.29) is 0 Å². The highest BCUT2D eigenvalue weighted by molar-refractivity contribution is 6.08. The van der Waals surface area contributed by atoms with E-state index < -0.39 is 0 Å². The van der Waals surface area contributed by atoms with Crippen molar-refractivity contribution in [3.63, 3.8) is 0 Å². The lowest BCUT2D eigenvalue weighted by molar-refractivity contribution is 0.590. The molecule has 0 aliphatic rings. The summed E-state index contributed by atoms with van der Waals surface area (Å²) in [5.74, 6) is 0. The summed E-state index contributed by atoms with van der Waals surface area (Å²) in [6.45, 7) is 2.28. The van der Waals surface area contributed by atoms with Gasteiger partial charge in [0, 0.05) is 0 Å². The van der Waals surface area contributed by atoms with E-state index in [2.05, 4.69) is 61.5 Å². The zero-order valence-corrected chi connectivity index (χ0v) is 14.4. The molecule has 0 amide bonds. The van der Waals surface area contributed by atoms with Crippen molar-refractivity contribution >= 4 is 21.5 Å². The van der Waals surface area contributed by atoms with Crippen LogP contribution in [-0.4, -0.2) is 0 Å². The maximum atomic E-state index is 2.41. The molecular formula is C23H28. The Hall–Kier alpha value is -1.82. The minimum atomic E-state index is 1.21. The lowest BCUT2D eigenvalue weighted by Gasteiger charge is -2.10. The van der Waals surface area contributed by atoms with E-state index in [1.54, 1.807) is 0 Å². The van der Waals surface area contributed by atoms with Gasteiger partial charge in [0.2, 0.25) is 0 Å². The smallest absolute Gasteiger partial charge is 0.0103 e. The predicted molar refractivity (Wildman–Crippen MR) is 103 cm³/mol. The molecule has 0 radical (unpaired) electrons. The fourth-order valence-corrected chi connectivity index (χ4v) is 3.61. The van der Waals surface area contributed by atoms with Crippen molar-refractivity contribution in [1.82, 2.24) is 0 Å². The average Bonchev–Trinajstić information content (AvgIpc) is 2.61. The molecule has 0 saturated heterocycles. The van der Waals surface area contributed by atoms with Crippen LogP contribution in [0.25, 0.3) is 21.5 Å². The van der Waals surface area contributed by atoms with Crippen molar-refractivity contribution in [2.24, 2.45) is 0 Å². The number of rotatable bonds is 8. The van der Waals surface area contributed by atoms with E-state index in [0.29, 0.717) is 0 Å². The van der Waals surface area contributed by atoms with E-state index >= 15 is 0 Å². The van der Waals surface area contributed by atoms with Crippen LogP contribution in [0, 0.1) is 0 Å².